The molecule has 1 aliphatic rings. The Morgan fingerprint density at radius 2 is 2.00 bits per heavy atom. The van der Waals surface area contributed by atoms with E-state index < -0.39 is 0 Å². The fraction of sp³-hybridized carbons (Fsp3) is 0.200. The van der Waals surface area contributed by atoms with E-state index in [0.29, 0.717) is 5.92 Å². The highest BCUT2D eigenvalue weighted by atomic mass is 16.5. The summed E-state index contributed by atoms with van der Waals surface area (Å²) in [6.07, 6.45) is 7.49. The van der Waals surface area contributed by atoms with E-state index in [1.807, 2.05) is 42.5 Å². The molecule has 0 aliphatic heterocycles. The molecule has 0 N–H and O–H groups in total. The molecule has 2 atom stereocenters. The molecule has 108 valence electrons. The number of methoxy groups -OCH3 is 1. The molecule has 0 aromatic heterocycles. The molecule has 0 spiro atoms. The summed E-state index contributed by atoms with van der Waals surface area (Å²) in [4.78, 5) is 0. The standard InChI is InChI=1S/C20H19BO/c1-3-20(12-11-15-7-5-4-6-8-15)14-18(20)17-13-16(22-2)9-10-19(17)21/h3-13,18H,1,14H2,2H3/b12-11+/t18-,20-/m0/s1. The van der Waals surface area contributed by atoms with Gasteiger partial charge in [-0.1, -0.05) is 60.1 Å². The number of allylic oxidation sites excluding steroid dienone is 2. The minimum absolute atomic E-state index is 0.00364. The summed E-state index contributed by atoms with van der Waals surface area (Å²) in [6.45, 7) is 4.03. The molecule has 1 fully saturated rings. The fourth-order valence-electron chi connectivity index (χ4n) is 2.97. The van der Waals surface area contributed by atoms with E-state index in [0.717, 1.165) is 23.2 Å². The van der Waals surface area contributed by atoms with Gasteiger partial charge in [-0.25, -0.2) is 0 Å². The third-order valence-corrected chi connectivity index (χ3v) is 4.48. The van der Waals surface area contributed by atoms with E-state index in [9.17, 15) is 0 Å². The lowest BCUT2D eigenvalue weighted by Gasteiger charge is -2.12. The van der Waals surface area contributed by atoms with Gasteiger partial charge in [0, 0.05) is 5.41 Å². The van der Waals surface area contributed by atoms with Crippen molar-refractivity contribution in [3.63, 3.8) is 0 Å². The van der Waals surface area contributed by atoms with Gasteiger partial charge in [0.1, 0.15) is 13.6 Å². The minimum Gasteiger partial charge on any atom is -0.497 e. The Hall–Kier alpha value is -2.22. The first-order valence-corrected chi connectivity index (χ1v) is 7.50. The van der Waals surface area contributed by atoms with Crippen molar-refractivity contribution in [3.8, 4) is 5.75 Å². The minimum atomic E-state index is -0.00364. The summed E-state index contributed by atoms with van der Waals surface area (Å²) in [7, 11) is 7.83. The summed E-state index contributed by atoms with van der Waals surface area (Å²) >= 11 is 0. The van der Waals surface area contributed by atoms with Gasteiger partial charge in [-0.3, -0.25) is 0 Å². The zero-order chi connectivity index (χ0) is 15.6. The van der Waals surface area contributed by atoms with Crippen molar-refractivity contribution < 1.29 is 4.74 Å². The van der Waals surface area contributed by atoms with Crippen LogP contribution in [0.4, 0.5) is 0 Å². The molecule has 1 aliphatic carbocycles. The van der Waals surface area contributed by atoms with E-state index in [-0.39, 0.29) is 5.41 Å². The maximum absolute atomic E-state index is 6.15. The van der Waals surface area contributed by atoms with Gasteiger partial charge in [0.25, 0.3) is 0 Å². The first-order chi connectivity index (χ1) is 10.7. The SMILES string of the molecule is [B]c1ccc(OC)cc1[C@@H]1C[C@]1(C=C)/C=C/c1ccccc1. The van der Waals surface area contributed by atoms with Gasteiger partial charge in [-0.2, -0.15) is 0 Å². The molecule has 2 heteroatoms. The summed E-state index contributed by atoms with van der Waals surface area (Å²) in [5, 5.41) is 0. The number of rotatable bonds is 5. The normalized spacial score (nSPS) is 23.4. The van der Waals surface area contributed by atoms with Crippen LogP contribution >= 0.6 is 0 Å². The maximum atomic E-state index is 6.15. The second-order valence-electron chi connectivity index (χ2n) is 5.81. The molecule has 1 nitrogen and oxygen atoms in total. The Morgan fingerprint density at radius 1 is 1.23 bits per heavy atom. The number of ether oxygens (including phenoxy) is 1. The van der Waals surface area contributed by atoms with Gasteiger partial charge >= 0.3 is 0 Å². The monoisotopic (exact) mass is 286 g/mol. The fourth-order valence-corrected chi connectivity index (χ4v) is 2.97. The van der Waals surface area contributed by atoms with Crippen molar-refractivity contribution >= 4 is 19.4 Å². The Morgan fingerprint density at radius 3 is 2.68 bits per heavy atom. The molecule has 2 aromatic carbocycles. The van der Waals surface area contributed by atoms with Crippen LogP contribution in [0.25, 0.3) is 6.08 Å². The Balaban J connectivity index is 1.86. The van der Waals surface area contributed by atoms with Crippen LogP contribution in [0, 0.1) is 5.41 Å². The summed E-state index contributed by atoms with van der Waals surface area (Å²) in [6, 6.07) is 16.2. The predicted octanol–water partition coefficient (Wildman–Crippen LogP) is 3.86. The topological polar surface area (TPSA) is 9.23 Å². The lowest BCUT2D eigenvalue weighted by atomic mass is 9.85. The van der Waals surface area contributed by atoms with Gasteiger partial charge in [-0.05, 0) is 35.6 Å². The molecular weight excluding hydrogens is 267 g/mol. The molecule has 2 aromatic rings. The summed E-state index contributed by atoms with van der Waals surface area (Å²) in [5.74, 6) is 1.22. The summed E-state index contributed by atoms with van der Waals surface area (Å²) in [5.41, 5.74) is 3.17. The highest BCUT2D eigenvalue weighted by Crippen LogP contribution is 2.61. The van der Waals surface area contributed by atoms with E-state index >= 15 is 0 Å². The van der Waals surface area contributed by atoms with Crippen molar-refractivity contribution in [1.82, 2.24) is 0 Å². The smallest absolute Gasteiger partial charge is 0.119 e. The Kier molecular flexibility index (Phi) is 3.93. The lowest BCUT2D eigenvalue weighted by Crippen LogP contribution is -2.11. The number of hydrogen-bond acceptors (Lipinski definition) is 1. The van der Waals surface area contributed by atoms with Crippen molar-refractivity contribution in [3.05, 3.63) is 78.4 Å². The Bertz CT molecular complexity index is 705. The van der Waals surface area contributed by atoms with Gasteiger partial charge in [0.15, 0.2) is 0 Å². The van der Waals surface area contributed by atoms with Crippen LogP contribution in [0.3, 0.4) is 0 Å². The number of hydrogen-bond donors (Lipinski definition) is 0. The predicted molar refractivity (Wildman–Crippen MR) is 93.8 cm³/mol. The van der Waals surface area contributed by atoms with Gasteiger partial charge in [0.05, 0.1) is 7.11 Å². The van der Waals surface area contributed by atoms with E-state index in [2.05, 4.69) is 30.9 Å². The van der Waals surface area contributed by atoms with Gasteiger partial charge in [-0.15, -0.1) is 6.58 Å². The second-order valence-corrected chi connectivity index (χ2v) is 5.81. The van der Waals surface area contributed by atoms with Crippen LogP contribution in [-0.4, -0.2) is 15.0 Å². The lowest BCUT2D eigenvalue weighted by molar-refractivity contribution is 0.414. The molecule has 1 saturated carbocycles. The number of benzene rings is 2. The Labute approximate surface area is 133 Å². The van der Waals surface area contributed by atoms with Crippen LogP contribution in [0.2, 0.25) is 0 Å². The quantitative estimate of drug-likeness (QED) is 0.599. The first kappa shape index (κ1) is 14.7. The highest BCUT2D eigenvalue weighted by Gasteiger charge is 2.50. The molecule has 22 heavy (non-hydrogen) atoms. The maximum Gasteiger partial charge on any atom is 0.119 e. The molecule has 3 rings (SSSR count). The molecule has 0 bridgehead atoms. The zero-order valence-electron chi connectivity index (χ0n) is 12.8. The van der Waals surface area contributed by atoms with Crippen LogP contribution in [-0.2, 0) is 0 Å². The first-order valence-electron chi connectivity index (χ1n) is 7.50. The third kappa shape index (κ3) is 2.74. The summed E-state index contributed by atoms with van der Waals surface area (Å²) < 4.78 is 5.32. The largest absolute Gasteiger partial charge is 0.497 e. The molecule has 0 amide bonds. The second kappa shape index (κ2) is 5.88. The van der Waals surface area contributed by atoms with E-state index in [4.69, 9.17) is 12.6 Å². The molecule has 0 heterocycles. The van der Waals surface area contributed by atoms with Crippen molar-refractivity contribution in [2.75, 3.05) is 7.11 Å². The zero-order valence-corrected chi connectivity index (χ0v) is 12.8. The van der Waals surface area contributed by atoms with Crippen molar-refractivity contribution in [1.29, 1.82) is 0 Å². The molecule has 0 unspecified atom stereocenters. The van der Waals surface area contributed by atoms with Crippen LogP contribution < -0.4 is 10.2 Å². The molecular formula is C20H19BO. The molecule has 2 radical (unpaired) electrons. The van der Waals surface area contributed by atoms with Gasteiger partial charge in [0.2, 0.25) is 0 Å². The van der Waals surface area contributed by atoms with Crippen molar-refractivity contribution in [2.45, 2.75) is 12.3 Å². The van der Waals surface area contributed by atoms with Gasteiger partial charge < -0.3 is 4.74 Å². The van der Waals surface area contributed by atoms with Crippen molar-refractivity contribution in [2.24, 2.45) is 5.41 Å². The van der Waals surface area contributed by atoms with E-state index in [1.165, 1.54) is 5.56 Å². The van der Waals surface area contributed by atoms with Crippen LogP contribution in [0.15, 0.2) is 67.3 Å². The van der Waals surface area contributed by atoms with E-state index in [1.54, 1.807) is 7.11 Å². The van der Waals surface area contributed by atoms with Crippen LogP contribution in [0.5, 0.6) is 5.75 Å². The average molecular weight is 286 g/mol. The highest BCUT2D eigenvalue weighted by molar-refractivity contribution is 6.33. The molecule has 0 saturated heterocycles. The third-order valence-electron chi connectivity index (χ3n) is 4.48. The average Bonchev–Trinajstić information content (AvgIpc) is 3.29. The van der Waals surface area contributed by atoms with Crippen LogP contribution in [0.1, 0.15) is 23.5 Å².